The van der Waals surface area contributed by atoms with Crippen molar-refractivity contribution in [2.75, 3.05) is 0 Å². The standard InChI is InChI=1S/C12H10N4OS/c18-11-7-3-1-4-8(7)13-12-14-10(15-16(11)12)9-5-2-6-17-9/h2,5-6H,1,3-4H2,(H,13,14,15). The van der Waals surface area contributed by atoms with E-state index in [2.05, 4.69) is 15.1 Å². The Labute approximate surface area is 107 Å². The van der Waals surface area contributed by atoms with Gasteiger partial charge in [-0.05, 0) is 31.4 Å². The highest BCUT2D eigenvalue weighted by Gasteiger charge is 2.18. The maximum Gasteiger partial charge on any atom is 0.252 e. The second kappa shape index (κ2) is 3.52. The number of aryl methyl sites for hydroxylation is 1. The third kappa shape index (κ3) is 1.29. The summed E-state index contributed by atoms with van der Waals surface area (Å²) in [6.07, 6.45) is 4.76. The second-order valence-corrected chi connectivity index (χ2v) is 4.77. The maximum absolute atomic E-state index is 5.48. The minimum absolute atomic E-state index is 0.618. The van der Waals surface area contributed by atoms with Gasteiger partial charge in [-0.1, -0.05) is 12.2 Å². The molecule has 0 bridgehead atoms. The average Bonchev–Trinajstić information content (AvgIpc) is 3.08. The molecule has 6 heteroatoms. The Hall–Kier alpha value is -1.95. The molecule has 18 heavy (non-hydrogen) atoms. The number of nitrogens with zero attached hydrogens (tertiary/aromatic N) is 3. The molecule has 0 atom stereocenters. The molecule has 0 aliphatic heterocycles. The summed E-state index contributed by atoms with van der Waals surface area (Å²) in [5.74, 6) is 1.96. The zero-order chi connectivity index (χ0) is 12.1. The lowest BCUT2D eigenvalue weighted by Gasteiger charge is -1.99. The van der Waals surface area contributed by atoms with Crippen LogP contribution in [0.15, 0.2) is 22.8 Å². The van der Waals surface area contributed by atoms with Gasteiger partial charge in [-0.25, -0.2) is 9.50 Å². The molecular formula is C12H10N4OS. The molecule has 1 N–H and O–H groups in total. The fourth-order valence-corrected chi connectivity index (χ4v) is 2.76. The van der Waals surface area contributed by atoms with Gasteiger partial charge in [0.1, 0.15) is 4.64 Å². The highest BCUT2D eigenvalue weighted by Crippen LogP contribution is 2.23. The van der Waals surface area contributed by atoms with E-state index in [1.807, 2.05) is 12.1 Å². The number of nitrogens with one attached hydrogen (secondary N) is 1. The van der Waals surface area contributed by atoms with Gasteiger partial charge in [0, 0.05) is 5.56 Å². The van der Waals surface area contributed by atoms with Gasteiger partial charge in [0.25, 0.3) is 5.78 Å². The van der Waals surface area contributed by atoms with Crippen LogP contribution in [0.5, 0.6) is 0 Å². The van der Waals surface area contributed by atoms with Crippen molar-refractivity contribution < 1.29 is 4.42 Å². The van der Waals surface area contributed by atoms with Crippen molar-refractivity contribution in [2.24, 2.45) is 0 Å². The van der Waals surface area contributed by atoms with Crippen molar-refractivity contribution in [3.8, 4) is 11.6 Å². The number of H-pyrrole nitrogens is 1. The van der Waals surface area contributed by atoms with Gasteiger partial charge in [-0.15, -0.1) is 0 Å². The van der Waals surface area contributed by atoms with E-state index in [1.165, 1.54) is 5.56 Å². The second-order valence-electron chi connectivity index (χ2n) is 4.38. The fourth-order valence-electron chi connectivity index (χ4n) is 2.41. The van der Waals surface area contributed by atoms with E-state index in [1.54, 1.807) is 10.8 Å². The quantitative estimate of drug-likeness (QED) is 0.681. The molecule has 0 aromatic carbocycles. The Bertz CT molecular complexity index is 784. The molecule has 0 radical (unpaired) electrons. The van der Waals surface area contributed by atoms with Gasteiger partial charge >= 0.3 is 0 Å². The Kier molecular flexibility index (Phi) is 1.96. The van der Waals surface area contributed by atoms with Crippen LogP contribution in [0.1, 0.15) is 17.7 Å². The number of fused-ring (bicyclic) bond motifs is 2. The molecular weight excluding hydrogens is 248 g/mol. The van der Waals surface area contributed by atoms with Gasteiger partial charge in [0.05, 0.1) is 12.0 Å². The number of aromatic nitrogens is 4. The molecule has 3 aromatic heterocycles. The normalized spacial score (nSPS) is 14.2. The molecule has 0 unspecified atom stereocenters. The van der Waals surface area contributed by atoms with E-state index in [4.69, 9.17) is 16.6 Å². The van der Waals surface area contributed by atoms with Crippen molar-refractivity contribution in [2.45, 2.75) is 19.3 Å². The van der Waals surface area contributed by atoms with Crippen LogP contribution in [0.2, 0.25) is 0 Å². The van der Waals surface area contributed by atoms with Crippen LogP contribution >= 0.6 is 12.2 Å². The third-order valence-electron chi connectivity index (χ3n) is 3.27. The number of furan rings is 1. The van der Waals surface area contributed by atoms with Gasteiger partial charge in [-0.3, -0.25) is 5.10 Å². The molecule has 1 aliphatic carbocycles. The molecule has 0 saturated carbocycles. The zero-order valence-corrected chi connectivity index (χ0v) is 10.3. The van der Waals surface area contributed by atoms with Crippen LogP contribution in [-0.2, 0) is 12.8 Å². The summed E-state index contributed by atoms with van der Waals surface area (Å²) >= 11 is 5.48. The van der Waals surface area contributed by atoms with Crippen LogP contribution < -0.4 is 0 Å². The van der Waals surface area contributed by atoms with Crippen molar-refractivity contribution in [1.82, 2.24) is 19.6 Å². The minimum atomic E-state index is 0.618. The Balaban J connectivity index is 2.02. The third-order valence-corrected chi connectivity index (χ3v) is 3.70. The first-order valence-corrected chi connectivity index (χ1v) is 6.28. The molecule has 1 aliphatic rings. The minimum Gasteiger partial charge on any atom is -0.461 e. The van der Waals surface area contributed by atoms with Gasteiger partial charge < -0.3 is 4.42 Å². The van der Waals surface area contributed by atoms with E-state index in [9.17, 15) is 0 Å². The number of hydrogen-bond acceptors (Lipinski definition) is 4. The Morgan fingerprint density at radius 1 is 1.33 bits per heavy atom. The topological polar surface area (TPSA) is 59.1 Å². The smallest absolute Gasteiger partial charge is 0.252 e. The molecule has 3 aromatic rings. The van der Waals surface area contributed by atoms with E-state index >= 15 is 0 Å². The summed E-state index contributed by atoms with van der Waals surface area (Å²) in [4.78, 5) is 8.99. The summed E-state index contributed by atoms with van der Waals surface area (Å²) in [6.45, 7) is 0. The number of rotatable bonds is 1. The molecule has 0 spiro atoms. The highest BCUT2D eigenvalue weighted by molar-refractivity contribution is 7.71. The van der Waals surface area contributed by atoms with Crippen molar-refractivity contribution >= 4 is 18.0 Å². The first-order chi connectivity index (χ1) is 8.83. The summed E-state index contributed by atoms with van der Waals surface area (Å²) in [7, 11) is 0. The largest absolute Gasteiger partial charge is 0.461 e. The summed E-state index contributed by atoms with van der Waals surface area (Å²) in [6, 6.07) is 3.68. The first kappa shape index (κ1) is 10.0. The zero-order valence-electron chi connectivity index (χ0n) is 9.51. The summed E-state index contributed by atoms with van der Waals surface area (Å²) in [5, 5.41) is 3.14. The van der Waals surface area contributed by atoms with E-state index < -0.39 is 0 Å². The van der Waals surface area contributed by atoms with Crippen molar-refractivity contribution in [3.63, 3.8) is 0 Å². The van der Waals surface area contributed by atoms with Crippen LogP contribution in [-0.4, -0.2) is 19.6 Å². The molecule has 4 rings (SSSR count). The molecule has 90 valence electrons. The van der Waals surface area contributed by atoms with E-state index in [0.29, 0.717) is 17.4 Å². The highest BCUT2D eigenvalue weighted by atomic mass is 32.1. The van der Waals surface area contributed by atoms with Crippen molar-refractivity contribution in [1.29, 1.82) is 0 Å². The Morgan fingerprint density at radius 3 is 3.11 bits per heavy atom. The first-order valence-electron chi connectivity index (χ1n) is 5.87. The van der Waals surface area contributed by atoms with Gasteiger partial charge in [0.15, 0.2) is 11.6 Å². The van der Waals surface area contributed by atoms with Crippen LogP contribution in [0.4, 0.5) is 0 Å². The van der Waals surface area contributed by atoms with Gasteiger partial charge in [-0.2, -0.15) is 4.98 Å². The molecule has 5 nitrogen and oxygen atoms in total. The molecule has 0 saturated heterocycles. The lowest BCUT2D eigenvalue weighted by Crippen LogP contribution is -1.99. The average molecular weight is 258 g/mol. The predicted molar refractivity (Wildman–Crippen MR) is 67.9 cm³/mol. The van der Waals surface area contributed by atoms with Crippen LogP contribution in [0.3, 0.4) is 0 Å². The number of hydrogen-bond donors (Lipinski definition) is 1. The predicted octanol–water partition coefficient (Wildman–Crippen LogP) is 2.54. The lowest BCUT2D eigenvalue weighted by molar-refractivity contribution is 0.577. The SMILES string of the molecule is S=c1c2c(nc3nc(-c4ccco4)[nH]n13)CCC2. The van der Waals surface area contributed by atoms with E-state index in [-0.39, 0.29) is 0 Å². The van der Waals surface area contributed by atoms with Crippen LogP contribution in [0.25, 0.3) is 17.4 Å². The Morgan fingerprint density at radius 2 is 2.28 bits per heavy atom. The summed E-state index contributed by atoms with van der Waals surface area (Å²) < 4.78 is 7.87. The fraction of sp³-hybridized carbons (Fsp3) is 0.250. The van der Waals surface area contributed by atoms with E-state index in [0.717, 1.165) is 29.6 Å². The molecule has 3 heterocycles. The van der Waals surface area contributed by atoms with Crippen LogP contribution in [0, 0.1) is 4.64 Å². The maximum atomic E-state index is 5.48. The lowest BCUT2D eigenvalue weighted by atomic mass is 10.3. The monoisotopic (exact) mass is 258 g/mol. The number of aromatic amines is 1. The summed E-state index contributed by atoms with van der Waals surface area (Å²) in [5.41, 5.74) is 2.27. The molecule has 0 amide bonds. The van der Waals surface area contributed by atoms with Gasteiger partial charge in [0.2, 0.25) is 0 Å². The van der Waals surface area contributed by atoms with Crippen molar-refractivity contribution in [3.05, 3.63) is 34.3 Å². The molecule has 0 fully saturated rings.